The Kier molecular flexibility index (Phi) is 9.22. The summed E-state index contributed by atoms with van der Waals surface area (Å²) in [6.07, 6.45) is -1.46. The Morgan fingerprint density at radius 1 is 1.17 bits per heavy atom. The number of halogens is 4. The lowest BCUT2D eigenvalue weighted by atomic mass is 9.70. The van der Waals surface area contributed by atoms with Crippen molar-refractivity contribution in [3.8, 4) is 0 Å². The van der Waals surface area contributed by atoms with Gasteiger partial charge in [-0.15, -0.1) is 0 Å². The van der Waals surface area contributed by atoms with Crippen LogP contribution in [-0.2, 0) is 9.47 Å². The maximum Gasteiger partial charge on any atom is 0.508 e. The van der Waals surface area contributed by atoms with Crippen LogP contribution < -0.4 is 5.11 Å². The lowest BCUT2D eigenvalue weighted by Crippen LogP contribution is -2.56. The van der Waals surface area contributed by atoms with E-state index in [4.69, 9.17) is 55.9 Å². The summed E-state index contributed by atoms with van der Waals surface area (Å²) in [4.78, 5) is 25.1. The fraction of sp³-hybridized carbons (Fsp3) is 0.600. The fourth-order valence-corrected chi connectivity index (χ4v) is 4.38. The number of alkyl halides is 3. The molecule has 2 rings (SSSR count). The molecule has 1 amide bonds. The minimum Gasteiger partial charge on any atom is -0.530 e. The summed E-state index contributed by atoms with van der Waals surface area (Å²) in [6.45, 7) is 3.85. The third-order valence-corrected chi connectivity index (χ3v) is 6.04. The average Bonchev–Trinajstić information content (AvgIpc) is 2.67. The molecule has 0 N–H and O–H groups in total. The number of hydrogen-bond donors (Lipinski definition) is 0. The van der Waals surface area contributed by atoms with E-state index in [0.717, 1.165) is 18.4 Å². The molecule has 3 unspecified atom stereocenters. The summed E-state index contributed by atoms with van der Waals surface area (Å²) in [5, 5.41) is 12.2. The second kappa shape index (κ2) is 11.0. The van der Waals surface area contributed by atoms with Crippen molar-refractivity contribution < 1.29 is 24.2 Å². The number of carbonyl (C=O) groups excluding carboxylic acids is 2. The standard InChI is InChI=1S/C20H25Cl4NO5/c1-3-12(4-2)15-9-25(18(26)27)10-16(30-19(28)29-11-20(22,23)24)17(15)13-5-7-14(21)8-6-13/h5-8,12,15-17H,3-4,9-11H2,1-2H3,(H,26,27)/p-1. The van der Waals surface area contributed by atoms with Gasteiger partial charge >= 0.3 is 6.16 Å². The average molecular weight is 500 g/mol. The van der Waals surface area contributed by atoms with Crippen molar-refractivity contribution in [2.45, 2.75) is 42.5 Å². The monoisotopic (exact) mass is 498 g/mol. The quantitative estimate of drug-likeness (QED) is 0.405. The molecule has 3 atom stereocenters. The Hall–Kier alpha value is -1.08. The highest BCUT2D eigenvalue weighted by Gasteiger charge is 2.43. The molecule has 1 fully saturated rings. The molecule has 0 radical (unpaired) electrons. The molecule has 1 aliphatic heterocycles. The van der Waals surface area contributed by atoms with Gasteiger partial charge in [0, 0.05) is 17.5 Å². The molecule has 1 heterocycles. The van der Waals surface area contributed by atoms with Gasteiger partial charge in [0.05, 0.1) is 6.54 Å². The number of hydrogen-bond acceptors (Lipinski definition) is 5. The van der Waals surface area contributed by atoms with Gasteiger partial charge < -0.3 is 24.3 Å². The lowest BCUT2D eigenvalue weighted by molar-refractivity contribution is -0.269. The van der Waals surface area contributed by atoms with E-state index in [9.17, 15) is 14.7 Å². The molecule has 1 aromatic carbocycles. The Morgan fingerprint density at radius 3 is 2.27 bits per heavy atom. The summed E-state index contributed by atoms with van der Waals surface area (Å²) in [7, 11) is 0. The number of amides is 1. The van der Waals surface area contributed by atoms with Gasteiger partial charge in [0.15, 0.2) is 0 Å². The molecular formula is C20H24Cl4NO5-. The third-order valence-electron chi connectivity index (χ3n) is 5.46. The zero-order chi connectivity index (χ0) is 22.5. The van der Waals surface area contributed by atoms with E-state index in [1.165, 1.54) is 4.90 Å². The molecule has 0 bridgehead atoms. The van der Waals surface area contributed by atoms with Crippen molar-refractivity contribution in [1.82, 2.24) is 4.90 Å². The van der Waals surface area contributed by atoms with Crippen LogP contribution in [-0.4, -0.2) is 46.7 Å². The summed E-state index contributed by atoms with van der Waals surface area (Å²) >= 11 is 22.9. The van der Waals surface area contributed by atoms with E-state index in [1.54, 1.807) is 12.1 Å². The number of nitrogens with zero attached hydrogens (tertiary/aromatic N) is 1. The third kappa shape index (κ3) is 6.98. The first kappa shape index (κ1) is 25.2. The van der Waals surface area contributed by atoms with Gasteiger partial charge in [0.25, 0.3) is 0 Å². The normalized spacial score (nSPS) is 22.1. The minimum absolute atomic E-state index is 0.0465. The van der Waals surface area contributed by atoms with E-state index in [2.05, 4.69) is 13.8 Å². The van der Waals surface area contributed by atoms with Crippen molar-refractivity contribution in [2.75, 3.05) is 19.7 Å². The number of likely N-dealkylation sites (tertiary alicyclic amines) is 1. The number of ether oxygens (including phenoxy) is 2. The minimum atomic E-state index is -1.78. The summed E-state index contributed by atoms with van der Waals surface area (Å²) in [5.74, 6) is -0.155. The van der Waals surface area contributed by atoms with Crippen LogP contribution in [0.2, 0.25) is 5.02 Å². The lowest BCUT2D eigenvalue weighted by Gasteiger charge is -2.47. The molecule has 0 spiro atoms. The molecule has 1 saturated heterocycles. The first-order valence-electron chi connectivity index (χ1n) is 9.67. The Bertz CT molecular complexity index is 721. The summed E-state index contributed by atoms with van der Waals surface area (Å²) in [6, 6.07) is 7.23. The molecule has 0 aliphatic carbocycles. The highest BCUT2D eigenvalue weighted by atomic mass is 35.6. The maximum absolute atomic E-state index is 12.3. The molecule has 0 aromatic heterocycles. The van der Waals surface area contributed by atoms with E-state index in [0.29, 0.717) is 5.02 Å². The second-order valence-electron chi connectivity index (χ2n) is 7.30. The van der Waals surface area contributed by atoms with Gasteiger partial charge in [0.1, 0.15) is 18.8 Å². The first-order valence-corrected chi connectivity index (χ1v) is 11.2. The van der Waals surface area contributed by atoms with Crippen molar-refractivity contribution in [2.24, 2.45) is 11.8 Å². The van der Waals surface area contributed by atoms with Crippen LogP contribution in [0, 0.1) is 11.8 Å². The van der Waals surface area contributed by atoms with Crippen molar-refractivity contribution in [1.29, 1.82) is 0 Å². The zero-order valence-electron chi connectivity index (χ0n) is 16.7. The van der Waals surface area contributed by atoms with E-state index >= 15 is 0 Å². The topological polar surface area (TPSA) is 78.9 Å². The van der Waals surface area contributed by atoms with Gasteiger partial charge in [-0.2, -0.15) is 0 Å². The van der Waals surface area contributed by atoms with Crippen LogP contribution in [0.15, 0.2) is 24.3 Å². The molecule has 1 aromatic rings. The van der Waals surface area contributed by atoms with Gasteiger partial charge in [0.2, 0.25) is 3.79 Å². The molecule has 6 nitrogen and oxygen atoms in total. The predicted octanol–water partition coefficient (Wildman–Crippen LogP) is 5.03. The van der Waals surface area contributed by atoms with Crippen LogP contribution >= 0.6 is 46.4 Å². The number of carboxylic acid groups (broad SMARTS) is 1. The molecule has 1 aliphatic rings. The van der Waals surface area contributed by atoms with E-state index < -0.39 is 28.8 Å². The number of piperidine rings is 1. The van der Waals surface area contributed by atoms with Gasteiger partial charge in [-0.25, -0.2) is 4.79 Å². The first-order chi connectivity index (χ1) is 14.1. The van der Waals surface area contributed by atoms with Crippen molar-refractivity contribution in [3.63, 3.8) is 0 Å². The fourth-order valence-electron chi connectivity index (χ4n) is 4.09. The summed E-state index contributed by atoms with van der Waals surface area (Å²) in [5.41, 5.74) is 0.897. The van der Waals surface area contributed by atoms with Crippen LogP contribution in [0.4, 0.5) is 9.59 Å². The number of carbonyl (C=O) groups is 2. The van der Waals surface area contributed by atoms with Gasteiger partial charge in [-0.3, -0.25) is 0 Å². The van der Waals surface area contributed by atoms with E-state index in [1.807, 2.05) is 12.1 Å². The molecule has 0 saturated carbocycles. The Labute approximate surface area is 196 Å². The number of rotatable bonds is 6. The molecular weight excluding hydrogens is 476 g/mol. The molecule has 168 valence electrons. The predicted molar refractivity (Wildman–Crippen MR) is 115 cm³/mol. The van der Waals surface area contributed by atoms with E-state index in [-0.39, 0.29) is 30.8 Å². The smallest absolute Gasteiger partial charge is 0.508 e. The number of benzene rings is 1. The molecule has 30 heavy (non-hydrogen) atoms. The Balaban J connectivity index is 2.36. The largest absolute Gasteiger partial charge is 0.530 e. The van der Waals surface area contributed by atoms with Crippen molar-refractivity contribution in [3.05, 3.63) is 34.9 Å². The summed E-state index contributed by atoms with van der Waals surface area (Å²) < 4.78 is 8.65. The van der Waals surface area contributed by atoms with Crippen LogP contribution in [0.5, 0.6) is 0 Å². The van der Waals surface area contributed by atoms with Gasteiger partial charge in [-0.1, -0.05) is 85.2 Å². The van der Waals surface area contributed by atoms with Gasteiger partial charge in [-0.05, 0) is 29.5 Å². The second-order valence-corrected chi connectivity index (χ2v) is 10.3. The zero-order valence-corrected chi connectivity index (χ0v) is 19.7. The van der Waals surface area contributed by atoms with Crippen molar-refractivity contribution >= 4 is 58.7 Å². The SMILES string of the molecule is CCC(CC)C1CN(C(=O)[O-])CC(OC(=O)OCC(Cl)(Cl)Cl)C1c1ccc(Cl)cc1. The highest BCUT2D eigenvalue weighted by molar-refractivity contribution is 6.67. The maximum atomic E-state index is 12.3. The Morgan fingerprint density at radius 2 is 1.77 bits per heavy atom. The molecule has 10 heteroatoms. The van der Waals surface area contributed by atoms with Crippen LogP contribution in [0.3, 0.4) is 0 Å². The van der Waals surface area contributed by atoms with Crippen LogP contribution in [0.1, 0.15) is 38.2 Å². The van der Waals surface area contributed by atoms with Crippen LogP contribution in [0.25, 0.3) is 0 Å². The highest BCUT2D eigenvalue weighted by Crippen LogP contribution is 2.41.